The van der Waals surface area contributed by atoms with E-state index in [9.17, 15) is 9.59 Å². The Balaban J connectivity index is 0. The van der Waals surface area contributed by atoms with E-state index in [1.807, 2.05) is 13.8 Å². The molecule has 6 heteroatoms. The van der Waals surface area contributed by atoms with Gasteiger partial charge >= 0.3 is 0 Å². The standard InChI is InChI=1S/C8H17NO2.C7H15NO2/c1-2-4-7(8(9)11)5-3-6-10;1-2-6(9)4-3-5-7(8)10/h7,10H,2-6H2,1H3,(H2,9,11);6,9H,2-5H2,1H3,(H2,8,10). The van der Waals surface area contributed by atoms with E-state index in [-0.39, 0.29) is 30.4 Å². The van der Waals surface area contributed by atoms with Gasteiger partial charge in [-0.25, -0.2) is 0 Å². The topological polar surface area (TPSA) is 127 Å². The van der Waals surface area contributed by atoms with Crippen molar-refractivity contribution in [3.05, 3.63) is 0 Å². The van der Waals surface area contributed by atoms with Crippen LogP contribution in [0.5, 0.6) is 0 Å². The first-order valence-electron chi connectivity index (χ1n) is 7.75. The second kappa shape index (κ2) is 15.3. The van der Waals surface area contributed by atoms with Gasteiger partial charge in [0.05, 0.1) is 6.10 Å². The summed E-state index contributed by atoms with van der Waals surface area (Å²) in [5, 5.41) is 17.5. The van der Waals surface area contributed by atoms with E-state index < -0.39 is 0 Å². The van der Waals surface area contributed by atoms with E-state index in [0.717, 1.165) is 25.7 Å². The highest BCUT2D eigenvalue weighted by Crippen LogP contribution is 2.12. The van der Waals surface area contributed by atoms with Crippen LogP contribution in [0.3, 0.4) is 0 Å². The Morgan fingerprint density at radius 2 is 1.67 bits per heavy atom. The molecular formula is C15H32N2O4. The lowest BCUT2D eigenvalue weighted by Crippen LogP contribution is -2.23. The van der Waals surface area contributed by atoms with Gasteiger partial charge in [-0.1, -0.05) is 20.3 Å². The van der Waals surface area contributed by atoms with Crippen molar-refractivity contribution in [1.29, 1.82) is 0 Å². The van der Waals surface area contributed by atoms with Crippen molar-refractivity contribution in [2.45, 2.75) is 71.3 Å². The van der Waals surface area contributed by atoms with E-state index in [0.29, 0.717) is 25.7 Å². The lowest BCUT2D eigenvalue weighted by molar-refractivity contribution is -0.122. The minimum atomic E-state index is -0.289. The average Bonchev–Trinajstić information content (AvgIpc) is 2.43. The summed E-state index contributed by atoms with van der Waals surface area (Å²) in [6, 6.07) is 0. The van der Waals surface area contributed by atoms with Gasteiger partial charge in [0.1, 0.15) is 0 Å². The Bertz CT molecular complexity index is 272. The van der Waals surface area contributed by atoms with Gasteiger partial charge < -0.3 is 21.7 Å². The SMILES string of the molecule is CCC(O)CCCC(N)=O.CCCC(CCCO)C(N)=O. The summed E-state index contributed by atoms with van der Waals surface area (Å²) in [4.78, 5) is 20.9. The number of amides is 2. The molecule has 0 aliphatic rings. The van der Waals surface area contributed by atoms with Crippen molar-refractivity contribution in [3.8, 4) is 0 Å². The molecule has 0 aromatic heterocycles. The van der Waals surface area contributed by atoms with Crippen LogP contribution in [0.1, 0.15) is 65.2 Å². The lowest BCUT2D eigenvalue weighted by atomic mass is 9.98. The van der Waals surface area contributed by atoms with Crippen molar-refractivity contribution >= 4 is 11.8 Å². The molecule has 2 amide bonds. The van der Waals surface area contributed by atoms with Crippen LogP contribution >= 0.6 is 0 Å². The van der Waals surface area contributed by atoms with Crippen molar-refractivity contribution in [1.82, 2.24) is 0 Å². The zero-order valence-corrected chi connectivity index (χ0v) is 13.4. The van der Waals surface area contributed by atoms with Gasteiger partial charge in [-0.05, 0) is 38.5 Å². The second-order valence-corrected chi connectivity index (χ2v) is 5.17. The fraction of sp³-hybridized carbons (Fsp3) is 0.867. The van der Waals surface area contributed by atoms with Gasteiger partial charge in [0.25, 0.3) is 0 Å². The Kier molecular flexibility index (Phi) is 16.1. The molecule has 2 atom stereocenters. The number of nitrogens with two attached hydrogens (primary N) is 2. The number of hydrogen-bond donors (Lipinski definition) is 4. The van der Waals surface area contributed by atoms with Gasteiger partial charge in [0.2, 0.25) is 11.8 Å². The van der Waals surface area contributed by atoms with E-state index in [2.05, 4.69) is 0 Å². The van der Waals surface area contributed by atoms with Gasteiger partial charge in [-0.15, -0.1) is 0 Å². The van der Waals surface area contributed by atoms with Crippen molar-refractivity contribution < 1.29 is 19.8 Å². The zero-order chi connectivity index (χ0) is 16.7. The number of aliphatic hydroxyl groups is 2. The zero-order valence-electron chi connectivity index (χ0n) is 13.4. The number of hydrogen-bond acceptors (Lipinski definition) is 4. The fourth-order valence-corrected chi connectivity index (χ4v) is 1.83. The Morgan fingerprint density at radius 3 is 2.05 bits per heavy atom. The minimum Gasteiger partial charge on any atom is -0.396 e. The first-order valence-corrected chi connectivity index (χ1v) is 7.75. The van der Waals surface area contributed by atoms with Crippen LogP contribution in [-0.4, -0.2) is 34.7 Å². The molecule has 21 heavy (non-hydrogen) atoms. The summed E-state index contributed by atoms with van der Waals surface area (Å²) in [6.45, 7) is 4.08. The van der Waals surface area contributed by atoms with Gasteiger partial charge in [-0.2, -0.15) is 0 Å². The average molecular weight is 304 g/mol. The van der Waals surface area contributed by atoms with Crippen LogP contribution in [0.2, 0.25) is 0 Å². The first kappa shape index (κ1) is 22.1. The summed E-state index contributed by atoms with van der Waals surface area (Å²) in [5.74, 6) is -0.559. The second-order valence-electron chi connectivity index (χ2n) is 5.17. The number of carbonyl (C=O) groups is 2. The third-order valence-corrected chi connectivity index (χ3v) is 3.18. The van der Waals surface area contributed by atoms with Crippen LogP contribution in [0.4, 0.5) is 0 Å². The molecule has 0 fully saturated rings. The van der Waals surface area contributed by atoms with Gasteiger partial charge in [-0.3, -0.25) is 9.59 Å². The molecule has 0 radical (unpaired) electrons. The highest BCUT2D eigenvalue weighted by molar-refractivity contribution is 5.76. The molecule has 126 valence electrons. The molecule has 0 saturated carbocycles. The summed E-state index contributed by atoms with van der Waals surface area (Å²) in [7, 11) is 0. The molecule has 0 aliphatic heterocycles. The Hall–Kier alpha value is -1.14. The largest absolute Gasteiger partial charge is 0.396 e. The first-order chi connectivity index (χ1) is 9.88. The van der Waals surface area contributed by atoms with Crippen molar-refractivity contribution in [3.63, 3.8) is 0 Å². The van der Waals surface area contributed by atoms with Crippen LogP contribution in [0.25, 0.3) is 0 Å². The molecule has 6 N–H and O–H groups in total. The summed E-state index contributed by atoms with van der Waals surface area (Å²) < 4.78 is 0. The molecule has 0 aliphatic carbocycles. The maximum Gasteiger partial charge on any atom is 0.220 e. The highest BCUT2D eigenvalue weighted by Gasteiger charge is 2.12. The monoisotopic (exact) mass is 304 g/mol. The summed E-state index contributed by atoms with van der Waals surface area (Å²) in [6.07, 6.45) is 5.46. The normalized spacial score (nSPS) is 13.0. The molecule has 0 aromatic rings. The molecule has 0 rings (SSSR count). The minimum absolute atomic E-state index is 0.0350. The van der Waals surface area contributed by atoms with E-state index in [4.69, 9.17) is 21.7 Å². The van der Waals surface area contributed by atoms with E-state index in [1.54, 1.807) is 0 Å². The molecular weight excluding hydrogens is 272 g/mol. The van der Waals surface area contributed by atoms with Crippen LogP contribution in [0.15, 0.2) is 0 Å². The Morgan fingerprint density at radius 1 is 1.05 bits per heavy atom. The number of carbonyl (C=O) groups excluding carboxylic acids is 2. The van der Waals surface area contributed by atoms with Gasteiger partial charge in [0.15, 0.2) is 0 Å². The molecule has 0 saturated heterocycles. The Labute approximate surface area is 127 Å². The molecule has 0 heterocycles. The molecule has 0 bridgehead atoms. The summed E-state index contributed by atoms with van der Waals surface area (Å²) in [5.41, 5.74) is 10.0. The van der Waals surface area contributed by atoms with Crippen LogP contribution < -0.4 is 11.5 Å². The number of rotatable bonds is 11. The third-order valence-electron chi connectivity index (χ3n) is 3.18. The highest BCUT2D eigenvalue weighted by atomic mass is 16.3. The molecule has 0 spiro atoms. The maximum absolute atomic E-state index is 10.7. The predicted molar refractivity (Wildman–Crippen MR) is 83.3 cm³/mol. The number of aliphatic hydroxyl groups excluding tert-OH is 2. The summed E-state index contributed by atoms with van der Waals surface area (Å²) >= 11 is 0. The van der Waals surface area contributed by atoms with Crippen molar-refractivity contribution in [2.24, 2.45) is 17.4 Å². The smallest absolute Gasteiger partial charge is 0.220 e. The fourth-order valence-electron chi connectivity index (χ4n) is 1.83. The quantitative estimate of drug-likeness (QED) is 0.455. The third kappa shape index (κ3) is 16.8. The van der Waals surface area contributed by atoms with Gasteiger partial charge in [0, 0.05) is 18.9 Å². The predicted octanol–water partition coefficient (Wildman–Crippen LogP) is 1.07. The maximum atomic E-state index is 10.7. The van der Waals surface area contributed by atoms with Crippen LogP contribution in [-0.2, 0) is 9.59 Å². The molecule has 0 aromatic carbocycles. The lowest BCUT2D eigenvalue weighted by Gasteiger charge is -2.09. The van der Waals surface area contributed by atoms with E-state index >= 15 is 0 Å². The number of primary amides is 2. The molecule has 2 unspecified atom stereocenters. The van der Waals surface area contributed by atoms with Crippen LogP contribution in [0, 0.1) is 5.92 Å². The van der Waals surface area contributed by atoms with E-state index in [1.165, 1.54) is 0 Å². The molecule has 6 nitrogen and oxygen atoms in total. The van der Waals surface area contributed by atoms with Crippen molar-refractivity contribution in [2.75, 3.05) is 6.61 Å².